The predicted octanol–water partition coefficient (Wildman–Crippen LogP) is 12.7. The molecule has 4 aromatic heterocycles. The summed E-state index contributed by atoms with van der Waals surface area (Å²) in [6.07, 6.45) is 7.27. The van der Waals surface area contributed by atoms with Crippen LogP contribution in [-0.4, -0.2) is 19.1 Å². The largest absolute Gasteiger partial charge is 0.308 e. The summed E-state index contributed by atoms with van der Waals surface area (Å²) < 4.78 is 4.62. The lowest BCUT2D eigenvalue weighted by atomic mass is 9.98. The van der Waals surface area contributed by atoms with Crippen molar-refractivity contribution in [3.05, 3.63) is 217 Å². The number of aromatic nitrogens is 4. The van der Waals surface area contributed by atoms with Gasteiger partial charge in [-0.1, -0.05) is 115 Å². The molecule has 4 heterocycles. The van der Waals surface area contributed by atoms with Crippen LogP contribution >= 0.6 is 0 Å². The van der Waals surface area contributed by atoms with Crippen molar-refractivity contribution in [2.24, 2.45) is 0 Å². The predicted molar refractivity (Wildman–Crippen MR) is 231 cm³/mol. The Kier molecular flexibility index (Phi) is 9.07. The Labute approximate surface area is 321 Å². The molecule has 0 N–H and O–H groups in total. The maximum atomic E-state index is 4.68. The van der Waals surface area contributed by atoms with Gasteiger partial charge in [0, 0.05) is 34.5 Å². The van der Waals surface area contributed by atoms with Crippen molar-refractivity contribution in [3.8, 4) is 22.5 Å². The summed E-state index contributed by atoms with van der Waals surface area (Å²) in [5, 5.41) is 2.36. The number of hydrogen-bond acceptors (Lipinski definition) is 2. The first kappa shape index (κ1) is 33.8. The molecule has 264 valence electrons. The molecular formula is C51H40N4. The van der Waals surface area contributed by atoms with E-state index in [-0.39, 0.29) is 0 Å². The highest BCUT2D eigenvalue weighted by Gasteiger charge is 2.14. The molecular weight excluding hydrogens is 669 g/mol. The summed E-state index contributed by atoms with van der Waals surface area (Å²) in [7, 11) is 0. The van der Waals surface area contributed by atoms with Crippen molar-refractivity contribution in [2.75, 3.05) is 0 Å². The van der Waals surface area contributed by atoms with Crippen molar-refractivity contribution in [1.29, 1.82) is 0 Å². The Balaban J connectivity index is 0.00000128. The monoisotopic (exact) mass is 708 g/mol. The van der Waals surface area contributed by atoms with Gasteiger partial charge in [-0.25, -0.2) is 0 Å². The zero-order chi connectivity index (χ0) is 37.1. The zero-order valence-electron chi connectivity index (χ0n) is 30.8. The molecule has 0 saturated carbocycles. The molecule has 6 aromatic carbocycles. The quantitative estimate of drug-likeness (QED) is 0.155. The Morgan fingerprint density at radius 1 is 0.418 bits per heavy atom. The number of nitrogens with zero attached hydrogens (tertiary/aromatic N) is 4. The van der Waals surface area contributed by atoms with Crippen LogP contribution in [0.4, 0.5) is 0 Å². The van der Waals surface area contributed by atoms with Gasteiger partial charge in [0.05, 0.1) is 33.1 Å². The minimum absolute atomic E-state index is 0.890. The number of para-hydroxylation sites is 2. The number of fused-ring (bicyclic) bond motifs is 6. The second-order valence-electron chi connectivity index (χ2n) is 13.9. The minimum Gasteiger partial charge on any atom is -0.308 e. The number of hydrogen-bond donors (Lipinski definition) is 0. The van der Waals surface area contributed by atoms with E-state index in [1.54, 1.807) is 6.08 Å². The molecule has 4 nitrogen and oxygen atoms in total. The smallest absolute Gasteiger partial charge is 0.0963 e. The third kappa shape index (κ3) is 6.49. The average molecular weight is 709 g/mol. The van der Waals surface area contributed by atoms with Crippen LogP contribution in [0, 0.1) is 0 Å². The third-order valence-electron chi connectivity index (χ3n) is 10.3. The van der Waals surface area contributed by atoms with Crippen LogP contribution in [0.15, 0.2) is 195 Å². The normalized spacial score (nSPS) is 11.2. The molecule has 10 aromatic rings. The zero-order valence-corrected chi connectivity index (χ0v) is 30.8. The summed E-state index contributed by atoms with van der Waals surface area (Å²) in [6, 6.07) is 61.2. The fourth-order valence-electron chi connectivity index (χ4n) is 7.75. The minimum atomic E-state index is 0.890. The van der Waals surface area contributed by atoms with Crippen LogP contribution in [0.2, 0.25) is 0 Å². The van der Waals surface area contributed by atoms with Crippen molar-refractivity contribution in [3.63, 3.8) is 0 Å². The van der Waals surface area contributed by atoms with Crippen LogP contribution in [0.3, 0.4) is 0 Å². The standard InChI is InChI=1S/C48H34N4.C3H6/c1-3-9-43-41(7-1)47-45(11-5-29-49-47)51(43)39-25-17-35(18-26-39)31-33-13-21-37(22-14-33)38-23-15-34(16-24-38)32-36-19-27-40(28-20-36)52-44-10-4-2-8-42(44)48-46(52)12-6-30-50-48;1-3-2/h1-30H,31-32H2;3H,1H2,2H3. The second-order valence-corrected chi connectivity index (χ2v) is 13.9. The Bertz CT molecular complexity index is 2610. The molecule has 0 fully saturated rings. The molecule has 0 amide bonds. The van der Waals surface area contributed by atoms with E-state index in [9.17, 15) is 0 Å². The van der Waals surface area contributed by atoms with E-state index in [0.717, 1.165) is 46.3 Å². The molecule has 10 rings (SSSR count). The topological polar surface area (TPSA) is 35.6 Å². The lowest BCUT2D eigenvalue weighted by Gasteiger charge is -2.10. The van der Waals surface area contributed by atoms with E-state index in [2.05, 4.69) is 183 Å². The van der Waals surface area contributed by atoms with Crippen molar-refractivity contribution in [2.45, 2.75) is 19.8 Å². The molecule has 0 spiro atoms. The molecule has 0 unspecified atom stereocenters. The Morgan fingerprint density at radius 2 is 0.745 bits per heavy atom. The van der Waals surface area contributed by atoms with Gasteiger partial charge in [0.15, 0.2) is 0 Å². The maximum absolute atomic E-state index is 4.68. The first-order chi connectivity index (χ1) is 27.2. The molecule has 0 aliphatic carbocycles. The Hall–Kier alpha value is -7.04. The van der Waals surface area contributed by atoms with E-state index >= 15 is 0 Å². The molecule has 0 atom stereocenters. The van der Waals surface area contributed by atoms with Gasteiger partial charge in [-0.05, 0) is 114 Å². The van der Waals surface area contributed by atoms with Gasteiger partial charge in [-0.15, -0.1) is 6.58 Å². The molecule has 0 aliphatic rings. The van der Waals surface area contributed by atoms with Gasteiger partial charge in [0.2, 0.25) is 0 Å². The van der Waals surface area contributed by atoms with Gasteiger partial charge in [-0.2, -0.15) is 0 Å². The van der Waals surface area contributed by atoms with Gasteiger partial charge in [0.1, 0.15) is 0 Å². The van der Waals surface area contributed by atoms with E-state index < -0.39 is 0 Å². The lowest BCUT2D eigenvalue weighted by Crippen LogP contribution is -1.95. The van der Waals surface area contributed by atoms with Gasteiger partial charge >= 0.3 is 0 Å². The molecule has 0 bridgehead atoms. The number of pyridine rings is 2. The highest BCUT2D eigenvalue weighted by atomic mass is 15.0. The van der Waals surface area contributed by atoms with E-state index in [4.69, 9.17) is 0 Å². The van der Waals surface area contributed by atoms with E-state index in [0.29, 0.717) is 0 Å². The number of rotatable bonds is 7. The second kappa shape index (κ2) is 14.8. The highest BCUT2D eigenvalue weighted by Crippen LogP contribution is 2.32. The van der Waals surface area contributed by atoms with Crippen LogP contribution in [-0.2, 0) is 12.8 Å². The van der Waals surface area contributed by atoms with Crippen LogP contribution in [0.1, 0.15) is 29.2 Å². The van der Waals surface area contributed by atoms with Crippen molar-refractivity contribution < 1.29 is 0 Å². The van der Waals surface area contributed by atoms with E-state index in [1.807, 2.05) is 31.5 Å². The maximum Gasteiger partial charge on any atom is 0.0963 e. The fraction of sp³-hybridized carbons (Fsp3) is 0.0588. The fourth-order valence-corrected chi connectivity index (χ4v) is 7.75. The summed E-state index contributed by atoms with van der Waals surface area (Å²) in [5.74, 6) is 0. The van der Waals surface area contributed by atoms with Crippen molar-refractivity contribution in [1.82, 2.24) is 19.1 Å². The molecule has 0 saturated heterocycles. The summed E-state index contributed by atoms with van der Waals surface area (Å²) in [5.41, 5.74) is 16.6. The number of benzene rings is 6. The lowest BCUT2D eigenvalue weighted by molar-refractivity contribution is 1.14. The van der Waals surface area contributed by atoms with Crippen LogP contribution in [0.25, 0.3) is 66.4 Å². The summed E-state index contributed by atoms with van der Waals surface area (Å²) in [6.45, 7) is 5.25. The highest BCUT2D eigenvalue weighted by molar-refractivity contribution is 6.07. The van der Waals surface area contributed by atoms with Gasteiger partial charge in [0.25, 0.3) is 0 Å². The van der Waals surface area contributed by atoms with Crippen molar-refractivity contribution >= 4 is 43.9 Å². The van der Waals surface area contributed by atoms with Crippen LogP contribution < -0.4 is 0 Å². The number of allylic oxidation sites excluding steroid dienone is 1. The molecule has 55 heavy (non-hydrogen) atoms. The third-order valence-corrected chi connectivity index (χ3v) is 10.3. The van der Waals surface area contributed by atoms with E-state index in [1.165, 1.54) is 55.2 Å². The summed E-state index contributed by atoms with van der Waals surface area (Å²) in [4.78, 5) is 9.36. The molecule has 0 aliphatic heterocycles. The Morgan fingerprint density at radius 3 is 1.13 bits per heavy atom. The average Bonchev–Trinajstić information content (AvgIpc) is 3.76. The SMILES string of the molecule is C=CC.c1ccc2c(c1)c1ncccc1n2-c1ccc(Cc2ccc(-c3ccc(Cc4ccc(-n5c6ccccc6c6ncccc65)cc4)cc3)cc2)cc1. The van der Waals surface area contributed by atoms with Gasteiger partial charge in [-0.3, -0.25) is 9.97 Å². The summed E-state index contributed by atoms with van der Waals surface area (Å²) >= 11 is 0. The first-order valence-corrected chi connectivity index (χ1v) is 18.8. The first-order valence-electron chi connectivity index (χ1n) is 18.8. The molecule has 4 heteroatoms. The molecule has 0 radical (unpaired) electrons. The van der Waals surface area contributed by atoms with Crippen LogP contribution in [0.5, 0.6) is 0 Å². The van der Waals surface area contributed by atoms with Gasteiger partial charge < -0.3 is 9.13 Å².